The van der Waals surface area contributed by atoms with Gasteiger partial charge in [0.15, 0.2) is 0 Å². The lowest BCUT2D eigenvalue weighted by Gasteiger charge is -2.21. The molecule has 0 atom stereocenters. The van der Waals surface area contributed by atoms with E-state index >= 15 is 0 Å². The van der Waals surface area contributed by atoms with Crippen LogP contribution in [-0.4, -0.2) is 42.7 Å². The molecule has 0 saturated heterocycles. The summed E-state index contributed by atoms with van der Waals surface area (Å²) in [5, 5.41) is 19.6. The second-order valence-corrected chi connectivity index (χ2v) is 11.0. The molecule has 0 bridgehead atoms. The number of ether oxygens (including phenoxy) is 1. The number of aliphatic hydroxyl groups is 1. The van der Waals surface area contributed by atoms with Gasteiger partial charge in [-0.05, 0) is 49.7 Å². The second kappa shape index (κ2) is 22.2. The van der Waals surface area contributed by atoms with Gasteiger partial charge in [0, 0.05) is 36.6 Å². The zero-order chi connectivity index (χ0) is 28.7. The molecule has 0 radical (unpaired) electrons. The largest absolute Gasteiger partial charge is 0.507 e. The molecule has 40 heavy (non-hydrogen) atoms. The van der Waals surface area contributed by atoms with Gasteiger partial charge in [0.1, 0.15) is 11.5 Å². The van der Waals surface area contributed by atoms with Gasteiger partial charge in [0.25, 0.3) is 0 Å². The fourth-order valence-corrected chi connectivity index (χ4v) is 5.05. The fourth-order valence-electron chi connectivity index (χ4n) is 5.05. The number of benzene rings is 2. The molecule has 0 aliphatic rings. The Morgan fingerprint density at radius 1 is 0.725 bits per heavy atom. The van der Waals surface area contributed by atoms with Crippen LogP contribution >= 0.6 is 0 Å². The molecule has 2 aromatic carbocycles. The van der Waals surface area contributed by atoms with E-state index in [-0.39, 0.29) is 12.4 Å². The molecule has 0 aromatic heterocycles. The van der Waals surface area contributed by atoms with Gasteiger partial charge in [-0.25, -0.2) is 0 Å². The highest BCUT2D eigenvalue weighted by Crippen LogP contribution is 2.24. The quantitative estimate of drug-likeness (QED) is 0.100. The third-order valence-electron chi connectivity index (χ3n) is 7.59. The van der Waals surface area contributed by atoms with E-state index in [1.54, 1.807) is 12.3 Å². The summed E-state index contributed by atoms with van der Waals surface area (Å²) in [6.07, 6.45) is 23.4. The minimum Gasteiger partial charge on any atom is -0.507 e. The van der Waals surface area contributed by atoms with Gasteiger partial charge >= 0.3 is 0 Å². The topological polar surface area (TPSA) is 65.3 Å². The number of likely N-dealkylation sites (N-methyl/N-ethyl adjacent to an activating group) is 1. The van der Waals surface area contributed by atoms with Crippen LogP contribution in [0, 0.1) is 0 Å². The summed E-state index contributed by atoms with van der Waals surface area (Å²) in [5.41, 5.74) is 2.53. The van der Waals surface area contributed by atoms with Gasteiger partial charge < -0.3 is 19.8 Å². The molecule has 224 valence electrons. The van der Waals surface area contributed by atoms with Crippen molar-refractivity contribution in [3.63, 3.8) is 0 Å². The van der Waals surface area contributed by atoms with Crippen LogP contribution in [0.3, 0.4) is 0 Å². The number of phenols is 1. The molecule has 2 rings (SSSR count). The Bertz CT molecular complexity index is 913. The lowest BCUT2D eigenvalue weighted by Crippen LogP contribution is -2.25. The molecule has 0 saturated carbocycles. The summed E-state index contributed by atoms with van der Waals surface area (Å²) >= 11 is 0. The maximum Gasteiger partial charge on any atom is 0.128 e. The number of aliphatic imine (C=N–C) groups is 1. The molecule has 0 aliphatic heterocycles. The first-order valence-electron chi connectivity index (χ1n) is 16.1. The third-order valence-corrected chi connectivity index (χ3v) is 7.59. The average Bonchev–Trinajstić information content (AvgIpc) is 2.97. The molecule has 0 amide bonds. The highest BCUT2D eigenvalue weighted by molar-refractivity contribution is 5.85. The molecule has 0 aliphatic carbocycles. The van der Waals surface area contributed by atoms with Crippen molar-refractivity contribution >= 4 is 17.6 Å². The van der Waals surface area contributed by atoms with Gasteiger partial charge in [-0.15, -0.1) is 0 Å². The van der Waals surface area contributed by atoms with Crippen LogP contribution in [0.25, 0.3) is 0 Å². The van der Waals surface area contributed by atoms with Gasteiger partial charge in [-0.3, -0.25) is 4.99 Å². The molecule has 2 N–H and O–H groups in total. The van der Waals surface area contributed by atoms with Crippen LogP contribution in [-0.2, 0) is 0 Å². The van der Waals surface area contributed by atoms with E-state index in [1.165, 1.54) is 96.3 Å². The van der Waals surface area contributed by atoms with Crippen molar-refractivity contribution in [3.05, 3.63) is 48.0 Å². The molecule has 0 heterocycles. The van der Waals surface area contributed by atoms with Crippen molar-refractivity contribution < 1.29 is 14.9 Å². The van der Waals surface area contributed by atoms with Crippen LogP contribution in [0.15, 0.2) is 47.5 Å². The fraction of sp³-hybridized carbons (Fsp3) is 0.629. The molecule has 0 fully saturated rings. The molecule has 5 nitrogen and oxygen atoms in total. The molecular weight excluding hydrogens is 496 g/mol. The first-order valence-corrected chi connectivity index (χ1v) is 16.1. The number of rotatable bonds is 24. The molecule has 0 spiro atoms. The van der Waals surface area contributed by atoms with Gasteiger partial charge in [-0.1, -0.05) is 103 Å². The molecule has 0 unspecified atom stereocenters. The number of aromatic hydroxyl groups is 1. The van der Waals surface area contributed by atoms with Crippen molar-refractivity contribution in [2.75, 3.05) is 31.2 Å². The number of nitrogens with zero attached hydrogens (tertiary/aromatic N) is 2. The molecule has 2 aromatic rings. The summed E-state index contributed by atoms with van der Waals surface area (Å²) in [6, 6.07) is 13.3. The predicted octanol–water partition coefficient (Wildman–Crippen LogP) is 9.60. The van der Waals surface area contributed by atoms with Gasteiger partial charge in [-0.2, -0.15) is 0 Å². The van der Waals surface area contributed by atoms with Crippen molar-refractivity contribution in [1.82, 2.24) is 0 Å². The van der Waals surface area contributed by atoms with Crippen LogP contribution in [0.4, 0.5) is 11.4 Å². The number of phenolic OH excluding ortho intramolecular Hbond substituents is 1. The Morgan fingerprint density at radius 2 is 1.27 bits per heavy atom. The Balaban J connectivity index is 1.52. The summed E-state index contributed by atoms with van der Waals surface area (Å²) < 4.78 is 5.86. The van der Waals surface area contributed by atoms with Crippen molar-refractivity contribution in [3.8, 4) is 11.5 Å². The summed E-state index contributed by atoms with van der Waals surface area (Å²) in [6.45, 7) is 6.62. The molecular formula is C35H56N2O3. The Morgan fingerprint density at radius 3 is 1.77 bits per heavy atom. The van der Waals surface area contributed by atoms with Crippen LogP contribution in [0.5, 0.6) is 11.5 Å². The number of unbranched alkanes of at least 4 members (excludes halogenated alkanes) is 15. The standard InChI is InChI=1S/C35H56N2O3/c1-3-5-6-7-8-9-10-11-12-13-14-15-16-17-18-19-28-40-34-25-20-31(35(39)29-34)30-36-32-21-23-33(24-22-32)37(4-2)26-27-38/h20-25,29-30,38-39H,3-19,26-28H2,1-2H3. The minimum atomic E-state index is 0.131. The molecule has 5 heteroatoms. The lowest BCUT2D eigenvalue weighted by atomic mass is 10.0. The van der Waals surface area contributed by atoms with Crippen molar-refractivity contribution in [2.45, 2.75) is 117 Å². The number of hydrogen-bond acceptors (Lipinski definition) is 5. The minimum absolute atomic E-state index is 0.131. The third kappa shape index (κ3) is 14.7. The van der Waals surface area contributed by atoms with E-state index in [0.29, 0.717) is 24.5 Å². The number of hydrogen-bond donors (Lipinski definition) is 2. The zero-order valence-corrected chi connectivity index (χ0v) is 25.5. The normalized spacial score (nSPS) is 11.4. The second-order valence-electron chi connectivity index (χ2n) is 11.0. The smallest absolute Gasteiger partial charge is 0.128 e. The van der Waals surface area contributed by atoms with E-state index in [1.807, 2.05) is 36.4 Å². The van der Waals surface area contributed by atoms with E-state index in [2.05, 4.69) is 23.7 Å². The van der Waals surface area contributed by atoms with E-state index < -0.39 is 0 Å². The maximum atomic E-state index is 10.4. The monoisotopic (exact) mass is 552 g/mol. The Kier molecular flexibility index (Phi) is 18.7. The van der Waals surface area contributed by atoms with Crippen LogP contribution in [0.1, 0.15) is 122 Å². The van der Waals surface area contributed by atoms with Gasteiger partial charge in [0.05, 0.1) is 18.9 Å². The zero-order valence-electron chi connectivity index (χ0n) is 25.5. The van der Waals surface area contributed by atoms with Crippen molar-refractivity contribution in [2.24, 2.45) is 4.99 Å². The van der Waals surface area contributed by atoms with Crippen LogP contribution < -0.4 is 9.64 Å². The highest BCUT2D eigenvalue weighted by Gasteiger charge is 2.04. The summed E-state index contributed by atoms with van der Waals surface area (Å²) in [4.78, 5) is 6.60. The lowest BCUT2D eigenvalue weighted by molar-refractivity contribution is 0.302. The van der Waals surface area contributed by atoms with Crippen LogP contribution in [0.2, 0.25) is 0 Å². The van der Waals surface area contributed by atoms with E-state index in [4.69, 9.17) is 4.74 Å². The first kappa shape index (κ1) is 33.7. The predicted molar refractivity (Wildman–Crippen MR) is 172 cm³/mol. The SMILES string of the molecule is CCCCCCCCCCCCCCCCCCOc1ccc(C=Nc2ccc(N(CC)CCO)cc2)c(O)c1. The van der Waals surface area contributed by atoms with E-state index in [9.17, 15) is 10.2 Å². The maximum absolute atomic E-state index is 10.4. The number of aliphatic hydroxyl groups excluding tert-OH is 1. The summed E-state index contributed by atoms with van der Waals surface area (Å²) in [7, 11) is 0. The summed E-state index contributed by atoms with van der Waals surface area (Å²) in [5.74, 6) is 0.869. The Hall–Kier alpha value is -2.53. The average molecular weight is 553 g/mol. The van der Waals surface area contributed by atoms with E-state index in [0.717, 1.165) is 24.3 Å². The Labute approximate surface area is 244 Å². The van der Waals surface area contributed by atoms with Gasteiger partial charge in [0.2, 0.25) is 0 Å². The van der Waals surface area contributed by atoms with Crippen molar-refractivity contribution in [1.29, 1.82) is 0 Å². The first-order chi connectivity index (χ1) is 19.7. The number of anilines is 1. The highest BCUT2D eigenvalue weighted by atomic mass is 16.5.